The van der Waals surface area contributed by atoms with Crippen LogP contribution in [0.25, 0.3) is 0 Å². The van der Waals surface area contributed by atoms with Crippen molar-refractivity contribution in [2.75, 3.05) is 19.4 Å². The molecule has 1 saturated heterocycles. The van der Waals surface area contributed by atoms with E-state index < -0.39 is 6.04 Å². The molecule has 19 heavy (non-hydrogen) atoms. The van der Waals surface area contributed by atoms with Crippen LogP contribution in [0.5, 0.6) is 0 Å². The van der Waals surface area contributed by atoms with E-state index in [1.165, 1.54) is 22.9 Å². The third-order valence-electron chi connectivity index (χ3n) is 3.41. The summed E-state index contributed by atoms with van der Waals surface area (Å²) in [5, 5.41) is 3.95. The van der Waals surface area contributed by atoms with Crippen LogP contribution in [0.2, 0.25) is 0 Å². The van der Waals surface area contributed by atoms with Gasteiger partial charge in [0.05, 0.1) is 19.0 Å². The average molecular weight is 266 g/mol. The number of likely N-dealkylation sites (tertiary alicyclic amines) is 1. The molecule has 0 aliphatic carbocycles. The molecule has 1 fully saturated rings. The molecular formula is C12H18N4O3. The van der Waals surface area contributed by atoms with E-state index in [-0.39, 0.29) is 11.9 Å². The van der Waals surface area contributed by atoms with Crippen LogP contribution in [0.3, 0.4) is 0 Å². The second-order valence-corrected chi connectivity index (χ2v) is 4.61. The van der Waals surface area contributed by atoms with Crippen LogP contribution in [0.15, 0.2) is 6.20 Å². The van der Waals surface area contributed by atoms with Crippen molar-refractivity contribution in [3.63, 3.8) is 0 Å². The Balaban J connectivity index is 2.28. The van der Waals surface area contributed by atoms with Crippen molar-refractivity contribution in [3.8, 4) is 0 Å². The van der Waals surface area contributed by atoms with Gasteiger partial charge in [-0.1, -0.05) is 0 Å². The lowest BCUT2D eigenvalue weighted by Crippen LogP contribution is -2.49. The van der Waals surface area contributed by atoms with Crippen molar-refractivity contribution < 1.29 is 14.3 Å². The maximum Gasteiger partial charge on any atom is 0.328 e. The molecule has 7 heteroatoms. The first-order valence-electron chi connectivity index (χ1n) is 6.22. The molecule has 0 bridgehead atoms. The van der Waals surface area contributed by atoms with E-state index in [1.807, 2.05) is 0 Å². The summed E-state index contributed by atoms with van der Waals surface area (Å²) < 4.78 is 6.19. The van der Waals surface area contributed by atoms with Crippen molar-refractivity contribution in [2.24, 2.45) is 7.05 Å². The quantitative estimate of drug-likeness (QED) is 0.771. The standard InChI is InChI=1S/C12H18N4O3/c1-15-10(8(13)7-14-15)11(17)16-6-4-3-5-9(16)12(18)19-2/h7,9H,3-6,13H2,1-2H3. The Labute approximate surface area is 111 Å². The van der Waals surface area contributed by atoms with Gasteiger partial charge in [0, 0.05) is 13.6 Å². The molecule has 7 nitrogen and oxygen atoms in total. The first-order valence-corrected chi connectivity index (χ1v) is 6.22. The predicted molar refractivity (Wildman–Crippen MR) is 68.3 cm³/mol. The molecule has 1 unspecified atom stereocenters. The fourth-order valence-corrected chi connectivity index (χ4v) is 2.41. The number of anilines is 1. The molecule has 1 aromatic heterocycles. The molecule has 2 rings (SSSR count). The minimum Gasteiger partial charge on any atom is -0.467 e. The fourth-order valence-electron chi connectivity index (χ4n) is 2.41. The van der Waals surface area contributed by atoms with Crippen LogP contribution in [0.1, 0.15) is 29.8 Å². The molecule has 1 atom stereocenters. The van der Waals surface area contributed by atoms with Gasteiger partial charge in [-0.15, -0.1) is 0 Å². The van der Waals surface area contributed by atoms with E-state index >= 15 is 0 Å². The van der Waals surface area contributed by atoms with Crippen molar-refractivity contribution >= 4 is 17.6 Å². The second-order valence-electron chi connectivity index (χ2n) is 4.61. The zero-order valence-electron chi connectivity index (χ0n) is 11.1. The van der Waals surface area contributed by atoms with Gasteiger partial charge in [0.1, 0.15) is 11.7 Å². The number of hydrogen-bond acceptors (Lipinski definition) is 5. The average Bonchev–Trinajstić information content (AvgIpc) is 2.76. The summed E-state index contributed by atoms with van der Waals surface area (Å²) in [4.78, 5) is 25.8. The molecule has 2 heterocycles. The molecule has 0 saturated carbocycles. The second kappa shape index (κ2) is 5.29. The summed E-state index contributed by atoms with van der Waals surface area (Å²) >= 11 is 0. The smallest absolute Gasteiger partial charge is 0.328 e. The van der Waals surface area contributed by atoms with Crippen molar-refractivity contribution in [1.82, 2.24) is 14.7 Å². The Hall–Kier alpha value is -2.05. The number of methoxy groups -OCH3 is 1. The highest BCUT2D eigenvalue weighted by molar-refractivity contribution is 5.99. The highest BCUT2D eigenvalue weighted by atomic mass is 16.5. The van der Waals surface area contributed by atoms with Gasteiger partial charge >= 0.3 is 5.97 Å². The largest absolute Gasteiger partial charge is 0.467 e. The maximum atomic E-state index is 12.5. The van der Waals surface area contributed by atoms with Crippen molar-refractivity contribution in [1.29, 1.82) is 0 Å². The highest BCUT2D eigenvalue weighted by Gasteiger charge is 2.35. The predicted octanol–water partition coefficient (Wildman–Crippen LogP) is 0.170. The Morgan fingerprint density at radius 1 is 1.47 bits per heavy atom. The maximum absolute atomic E-state index is 12.5. The number of rotatable bonds is 2. The molecule has 0 spiro atoms. The number of nitrogen functional groups attached to an aromatic ring is 1. The summed E-state index contributed by atoms with van der Waals surface area (Å²) in [6.07, 6.45) is 3.84. The third kappa shape index (κ3) is 2.40. The van der Waals surface area contributed by atoms with Gasteiger partial charge in [-0.3, -0.25) is 9.48 Å². The minimum atomic E-state index is -0.527. The van der Waals surface area contributed by atoms with Gasteiger partial charge in [-0.2, -0.15) is 5.10 Å². The first kappa shape index (κ1) is 13.4. The van der Waals surface area contributed by atoms with Gasteiger partial charge in [-0.25, -0.2) is 4.79 Å². The van der Waals surface area contributed by atoms with E-state index in [4.69, 9.17) is 10.5 Å². The number of amides is 1. The summed E-state index contributed by atoms with van der Waals surface area (Å²) in [7, 11) is 2.98. The highest BCUT2D eigenvalue weighted by Crippen LogP contribution is 2.22. The van der Waals surface area contributed by atoms with Crippen LogP contribution in [-0.2, 0) is 16.6 Å². The van der Waals surface area contributed by atoms with Crippen LogP contribution in [0, 0.1) is 0 Å². The lowest BCUT2D eigenvalue weighted by Gasteiger charge is -2.33. The Kier molecular flexibility index (Phi) is 3.73. The minimum absolute atomic E-state index is 0.271. The summed E-state index contributed by atoms with van der Waals surface area (Å²) in [6, 6.07) is -0.527. The van der Waals surface area contributed by atoms with Crippen LogP contribution < -0.4 is 5.73 Å². The lowest BCUT2D eigenvalue weighted by atomic mass is 10.0. The van der Waals surface area contributed by atoms with Gasteiger partial charge < -0.3 is 15.4 Å². The van der Waals surface area contributed by atoms with Gasteiger partial charge in [0.25, 0.3) is 5.91 Å². The molecule has 0 radical (unpaired) electrons. The number of carbonyl (C=O) groups is 2. The number of ether oxygens (including phenoxy) is 1. The fraction of sp³-hybridized carbons (Fsp3) is 0.583. The molecule has 1 aliphatic heterocycles. The first-order chi connectivity index (χ1) is 9.06. The zero-order chi connectivity index (χ0) is 14.0. The van der Waals surface area contributed by atoms with Crippen molar-refractivity contribution in [2.45, 2.75) is 25.3 Å². The lowest BCUT2D eigenvalue weighted by molar-refractivity contribution is -0.147. The number of nitrogens with two attached hydrogens (primary N) is 1. The van der Waals surface area contributed by atoms with Crippen LogP contribution in [0.4, 0.5) is 5.69 Å². The Bertz CT molecular complexity index is 478. The van der Waals surface area contributed by atoms with Gasteiger partial charge in [0.15, 0.2) is 0 Å². The summed E-state index contributed by atoms with van der Waals surface area (Å²) in [6.45, 7) is 0.531. The molecule has 1 amide bonds. The molecule has 1 aromatic rings. The number of aryl methyl sites for hydroxylation is 1. The number of aromatic nitrogens is 2. The Morgan fingerprint density at radius 3 is 2.79 bits per heavy atom. The van der Waals surface area contributed by atoms with Crippen molar-refractivity contribution in [3.05, 3.63) is 11.9 Å². The molecule has 2 N–H and O–H groups in total. The topological polar surface area (TPSA) is 90.4 Å². The SMILES string of the molecule is COC(=O)C1CCCCN1C(=O)c1c(N)cnn1C. The van der Waals surface area contributed by atoms with E-state index in [0.29, 0.717) is 24.3 Å². The normalized spacial score (nSPS) is 19.3. The molecule has 104 valence electrons. The molecule has 0 aromatic carbocycles. The number of esters is 1. The van der Waals surface area contributed by atoms with Gasteiger partial charge in [0.2, 0.25) is 0 Å². The zero-order valence-corrected chi connectivity index (χ0v) is 11.1. The summed E-state index contributed by atoms with van der Waals surface area (Å²) in [5.41, 5.74) is 6.39. The van der Waals surface area contributed by atoms with E-state index in [1.54, 1.807) is 7.05 Å². The number of piperidine rings is 1. The number of nitrogens with zero attached hydrogens (tertiary/aromatic N) is 3. The molecular weight excluding hydrogens is 248 g/mol. The van der Waals surface area contributed by atoms with Crippen LogP contribution in [-0.4, -0.2) is 46.3 Å². The third-order valence-corrected chi connectivity index (χ3v) is 3.41. The van der Waals surface area contributed by atoms with E-state index in [0.717, 1.165) is 12.8 Å². The van der Waals surface area contributed by atoms with Gasteiger partial charge in [-0.05, 0) is 19.3 Å². The number of carbonyl (C=O) groups excluding carboxylic acids is 2. The monoisotopic (exact) mass is 266 g/mol. The van der Waals surface area contributed by atoms with E-state index in [2.05, 4.69) is 5.10 Å². The van der Waals surface area contributed by atoms with Crippen LogP contribution >= 0.6 is 0 Å². The number of hydrogen-bond donors (Lipinski definition) is 1. The van der Waals surface area contributed by atoms with E-state index in [9.17, 15) is 9.59 Å². The summed E-state index contributed by atoms with van der Waals surface area (Å²) in [5.74, 6) is -0.651. The Morgan fingerprint density at radius 2 is 2.21 bits per heavy atom. The molecule has 1 aliphatic rings.